The van der Waals surface area contributed by atoms with Gasteiger partial charge in [0.25, 0.3) is 0 Å². The minimum Gasteiger partial charge on any atom is -0.493 e. The molecule has 0 radical (unpaired) electrons. The van der Waals surface area contributed by atoms with Crippen LogP contribution < -0.4 is 9.47 Å². The number of carbonyl (C=O) groups is 1. The fourth-order valence-corrected chi connectivity index (χ4v) is 2.46. The fraction of sp³-hybridized carbons (Fsp3) is 0.235. The second-order valence-corrected chi connectivity index (χ2v) is 4.87. The maximum absolute atomic E-state index is 10.8. The van der Waals surface area contributed by atoms with Gasteiger partial charge in [0.2, 0.25) is 0 Å². The summed E-state index contributed by atoms with van der Waals surface area (Å²) in [5.41, 5.74) is 1.83. The molecule has 1 unspecified atom stereocenters. The molecule has 3 nitrogen and oxygen atoms in total. The van der Waals surface area contributed by atoms with E-state index in [1.54, 1.807) is 12.1 Å². The van der Waals surface area contributed by atoms with Gasteiger partial charge in [0, 0.05) is 17.0 Å². The summed E-state index contributed by atoms with van der Waals surface area (Å²) >= 11 is 0. The Balaban J connectivity index is 1.71. The smallest absolute Gasteiger partial charge is 0.150 e. The van der Waals surface area contributed by atoms with Crippen LogP contribution in [0.3, 0.4) is 0 Å². The zero-order valence-corrected chi connectivity index (χ0v) is 11.1. The van der Waals surface area contributed by atoms with Crippen molar-refractivity contribution in [1.82, 2.24) is 0 Å². The van der Waals surface area contributed by atoms with Crippen LogP contribution >= 0.6 is 0 Å². The molecular weight excluding hydrogens is 252 g/mol. The van der Waals surface area contributed by atoms with E-state index in [1.807, 2.05) is 30.3 Å². The van der Waals surface area contributed by atoms with Gasteiger partial charge in [0.1, 0.15) is 17.8 Å². The molecule has 3 rings (SSSR count). The largest absolute Gasteiger partial charge is 0.493 e. The van der Waals surface area contributed by atoms with E-state index in [2.05, 4.69) is 6.07 Å². The van der Waals surface area contributed by atoms with Gasteiger partial charge in [-0.15, -0.1) is 0 Å². The van der Waals surface area contributed by atoms with Crippen molar-refractivity contribution in [2.45, 2.75) is 12.3 Å². The topological polar surface area (TPSA) is 35.5 Å². The lowest BCUT2D eigenvalue weighted by molar-refractivity contribution is 0.112. The third-order valence-electron chi connectivity index (χ3n) is 3.53. The van der Waals surface area contributed by atoms with Crippen molar-refractivity contribution in [2.75, 3.05) is 13.2 Å². The van der Waals surface area contributed by atoms with Crippen molar-refractivity contribution in [2.24, 2.45) is 0 Å². The predicted molar refractivity (Wildman–Crippen MR) is 76.6 cm³/mol. The Kier molecular flexibility index (Phi) is 3.68. The number of rotatable bonds is 4. The molecule has 3 heteroatoms. The van der Waals surface area contributed by atoms with E-state index in [9.17, 15) is 4.79 Å². The van der Waals surface area contributed by atoms with Crippen molar-refractivity contribution in [3.63, 3.8) is 0 Å². The van der Waals surface area contributed by atoms with Crippen molar-refractivity contribution in [3.05, 3.63) is 59.7 Å². The first-order valence-corrected chi connectivity index (χ1v) is 6.76. The summed E-state index contributed by atoms with van der Waals surface area (Å²) in [5.74, 6) is 2.02. The Morgan fingerprint density at radius 3 is 3.00 bits per heavy atom. The highest BCUT2D eigenvalue weighted by Gasteiger charge is 2.21. The van der Waals surface area contributed by atoms with Crippen LogP contribution in [-0.2, 0) is 0 Å². The third kappa shape index (κ3) is 2.67. The lowest BCUT2D eigenvalue weighted by Gasteiger charge is -2.25. The monoisotopic (exact) mass is 268 g/mol. The van der Waals surface area contributed by atoms with Crippen LogP contribution in [0.1, 0.15) is 28.3 Å². The van der Waals surface area contributed by atoms with E-state index in [1.165, 1.54) is 5.56 Å². The van der Waals surface area contributed by atoms with Crippen LogP contribution in [0.5, 0.6) is 11.5 Å². The third-order valence-corrected chi connectivity index (χ3v) is 3.53. The molecule has 1 aliphatic rings. The number of hydrogen-bond acceptors (Lipinski definition) is 3. The van der Waals surface area contributed by atoms with Crippen LogP contribution in [0, 0.1) is 0 Å². The first-order valence-electron chi connectivity index (χ1n) is 6.76. The molecule has 2 aromatic carbocycles. The van der Waals surface area contributed by atoms with Gasteiger partial charge in [-0.05, 0) is 24.6 Å². The minimum atomic E-state index is 0.333. The number of benzene rings is 2. The SMILES string of the molecule is O=Cc1cccc(OCC2CCOc3ccccc32)c1. The van der Waals surface area contributed by atoms with Gasteiger partial charge in [0.05, 0.1) is 13.2 Å². The van der Waals surface area contributed by atoms with Crippen molar-refractivity contribution >= 4 is 6.29 Å². The Morgan fingerprint density at radius 2 is 2.10 bits per heavy atom. The molecule has 1 aliphatic heterocycles. The average Bonchev–Trinajstić information content (AvgIpc) is 2.53. The van der Waals surface area contributed by atoms with Gasteiger partial charge in [-0.2, -0.15) is 0 Å². The van der Waals surface area contributed by atoms with E-state index in [0.717, 1.165) is 30.8 Å². The molecule has 0 aliphatic carbocycles. The first-order chi connectivity index (χ1) is 9.86. The highest BCUT2D eigenvalue weighted by atomic mass is 16.5. The van der Waals surface area contributed by atoms with Crippen LogP contribution in [-0.4, -0.2) is 19.5 Å². The molecule has 0 spiro atoms. The number of fused-ring (bicyclic) bond motifs is 1. The zero-order valence-electron chi connectivity index (χ0n) is 11.1. The second kappa shape index (κ2) is 5.78. The lowest BCUT2D eigenvalue weighted by Crippen LogP contribution is -2.19. The molecule has 0 saturated carbocycles. The molecule has 0 aromatic heterocycles. The Hall–Kier alpha value is -2.29. The number of ether oxygens (including phenoxy) is 2. The molecule has 102 valence electrons. The molecule has 0 saturated heterocycles. The van der Waals surface area contributed by atoms with Crippen molar-refractivity contribution in [1.29, 1.82) is 0 Å². The van der Waals surface area contributed by atoms with Gasteiger partial charge in [-0.25, -0.2) is 0 Å². The van der Waals surface area contributed by atoms with E-state index in [0.29, 0.717) is 18.1 Å². The molecule has 2 aromatic rings. The molecular formula is C17H16O3. The summed E-state index contributed by atoms with van der Waals surface area (Å²) in [6.07, 6.45) is 1.78. The van der Waals surface area contributed by atoms with Gasteiger partial charge in [0.15, 0.2) is 0 Å². The van der Waals surface area contributed by atoms with Gasteiger partial charge in [-0.3, -0.25) is 4.79 Å². The molecule has 20 heavy (non-hydrogen) atoms. The van der Waals surface area contributed by atoms with Gasteiger partial charge >= 0.3 is 0 Å². The number of hydrogen-bond donors (Lipinski definition) is 0. The highest BCUT2D eigenvalue weighted by Crippen LogP contribution is 2.33. The Bertz CT molecular complexity index is 607. The molecule has 0 bridgehead atoms. The standard InChI is InChI=1S/C17H16O3/c18-11-13-4-3-5-15(10-13)20-12-14-8-9-19-17-7-2-1-6-16(14)17/h1-7,10-11,14H,8-9,12H2. The summed E-state index contributed by atoms with van der Waals surface area (Å²) in [4.78, 5) is 10.8. The predicted octanol–water partition coefficient (Wildman–Crippen LogP) is 3.44. The Labute approximate surface area is 118 Å². The first kappa shape index (κ1) is 12.7. The molecule has 0 N–H and O–H groups in total. The Morgan fingerprint density at radius 1 is 1.20 bits per heavy atom. The molecule has 0 fully saturated rings. The van der Waals surface area contributed by atoms with E-state index < -0.39 is 0 Å². The summed E-state index contributed by atoms with van der Waals surface area (Å²) in [6, 6.07) is 15.3. The fourth-order valence-electron chi connectivity index (χ4n) is 2.46. The normalized spacial score (nSPS) is 16.9. The van der Waals surface area contributed by atoms with Gasteiger partial charge in [-0.1, -0.05) is 30.3 Å². The molecule has 1 atom stereocenters. The summed E-state index contributed by atoms with van der Waals surface area (Å²) in [6.45, 7) is 1.32. The molecule has 1 heterocycles. The minimum absolute atomic E-state index is 0.333. The number of carbonyl (C=O) groups excluding carboxylic acids is 1. The highest BCUT2D eigenvalue weighted by molar-refractivity contribution is 5.75. The number of para-hydroxylation sites is 1. The van der Waals surface area contributed by atoms with Gasteiger partial charge < -0.3 is 9.47 Å². The molecule has 0 amide bonds. The van der Waals surface area contributed by atoms with E-state index in [4.69, 9.17) is 9.47 Å². The maximum atomic E-state index is 10.8. The average molecular weight is 268 g/mol. The van der Waals surface area contributed by atoms with Crippen LogP contribution in [0.4, 0.5) is 0 Å². The zero-order chi connectivity index (χ0) is 13.8. The maximum Gasteiger partial charge on any atom is 0.150 e. The van der Waals surface area contributed by atoms with Crippen molar-refractivity contribution < 1.29 is 14.3 Å². The summed E-state index contributed by atoms with van der Waals surface area (Å²) in [7, 11) is 0. The van der Waals surface area contributed by atoms with Crippen LogP contribution in [0.2, 0.25) is 0 Å². The van der Waals surface area contributed by atoms with E-state index in [-0.39, 0.29) is 0 Å². The summed E-state index contributed by atoms with van der Waals surface area (Å²) in [5, 5.41) is 0. The lowest BCUT2D eigenvalue weighted by atomic mass is 9.94. The second-order valence-electron chi connectivity index (χ2n) is 4.87. The summed E-state index contributed by atoms with van der Waals surface area (Å²) < 4.78 is 11.5. The van der Waals surface area contributed by atoms with E-state index >= 15 is 0 Å². The number of aldehydes is 1. The van der Waals surface area contributed by atoms with Crippen molar-refractivity contribution in [3.8, 4) is 11.5 Å². The quantitative estimate of drug-likeness (QED) is 0.797. The van der Waals surface area contributed by atoms with Crippen LogP contribution in [0.25, 0.3) is 0 Å². The van der Waals surface area contributed by atoms with Crippen LogP contribution in [0.15, 0.2) is 48.5 Å².